The Labute approximate surface area is 63.5 Å². The molecule has 1 nitrogen and oxygen atoms in total. The van der Waals surface area contributed by atoms with Gasteiger partial charge in [0.25, 0.3) is 7.42 Å². The minimum atomic E-state index is -1.57. The predicted molar refractivity (Wildman–Crippen MR) is 43.6 cm³/mol. The van der Waals surface area contributed by atoms with Crippen molar-refractivity contribution in [3.05, 3.63) is 0 Å². The number of hydrogen-bond donors (Lipinski definition) is 0. The van der Waals surface area contributed by atoms with Crippen molar-refractivity contribution in [2.24, 2.45) is 4.99 Å². The van der Waals surface area contributed by atoms with E-state index >= 15 is 0 Å². The van der Waals surface area contributed by atoms with Gasteiger partial charge in [-0.3, -0.25) is 4.99 Å². The SMILES string of the molecule is Cl[SiH](Cl)C1=NCCS1. The fourth-order valence-electron chi connectivity index (χ4n) is 0.484. The molecule has 0 aliphatic carbocycles. The predicted octanol–water partition coefficient (Wildman–Crippen LogP) is 1.37. The number of thioether (sulfide) groups is 1. The Morgan fingerprint density at radius 2 is 2.38 bits per heavy atom. The number of hydrogen-bond acceptors (Lipinski definition) is 2. The summed E-state index contributed by atoms with van der Waals surface area (Å²) in [6, 6.07) is 0. The molecule has 0 N–H and O–H groups in total. The molecule has 5 heteroatoms. The summed E-state index contributed by atoms with van der Waals surface area (Å²) in [6.07, 6.45) is 0. The van der Waals surface area contributed by atoms with Gasteiger partial charge in [-0.25, -0.2) is 0 Å². The van der Waals surface area contributed by atoms with Crippen LogP contribution < -0.4 is 0 Å². The smallest absolute Gasteiger partial charge is 0.284 e. The minimum Gasteiger partial charge on any atom is -0.284 e. The Bertz CT molecular complexity index is 116. The Balaban J connectivity index is 2.45. The van der Waals surface area contributed by atoms with Crippen LogP contribution in [0, 0.1) is 0 Å². The zero-order valence-electron chi connectivity index (χ0n) is 4.10. The zero-order valence-corrected chi connectivity index (χ0v) is 7.59. The van der Waals surface area contributed by atoms with Crippen LogP contribution in [0.4, 0.5) is 0 Å². The highest BCUT2D eigenvalue weighted by Crippen LogP contribution is 2.17. The summed E-state index contributed by atoms with van der Waals surface area (Å²) in [4.78, 5) is 4.11. The van der Waals surface area contributed by atoms with Gasteiger partial charge in [0.15, 0.2) is 0 Å². The van der Waals surface area contributed by atoms with Gasteiger partial charge in [0.1, 0.15) is 0 Å². The Hall–Kier alpha value is 0.817. The summed E-state index contributed by atoms with van der Waals surface area (Å²) < 4.78 is 1.01. The lowest BCUT2D eigenvalue weighted by Crippen LogP contribution is -2.04. The summed E-state index contributed by atoms with van der Waals surface area (Å²) in [5, 5.41) is 0. The monoisotopic (exact) mass is 185 g/mol. The first-order chi connectivity index (χ1) is 3.80. The van der Waals surface area contributed by atoms with Gasteiger partial charge in [-0.1, -0.05) is 0 Å². The first kappa shape index (κ1) is 6.93. The molecule has 0 bridgehead atoms. The fraction of sp³-hybridized carbons (Fsp3) is 0.667. The van der Waals surface area contributed by atoms with Crippen LogP contribution in [0.15, 0.2) is 4.99 Å². The van der Waals surface area contributed by atoms with Crippen molar-refractivity contribution in [3.8, 4) is 0 Å². The molecule has 0 atom stereocenters. The average Bonchev–Trinajstić information content (AvgIpc) is 2.12. The molecule has 0 radical (unpaired) electrons. The van der Waals surface area contributed by atoms with Gasteiger partial charge in [-0.2, -0.15) is 0 Å². The lowest BCUT2D eigenvalue weighted by Gasteiger charge is -1.92. The second-order valence-corrected chi connectivity index (χ2v) is 7.34. The van der Waals surface area contributed by atoms with Crippen molar-refractivity contribution in [2.75, 3.05) is 12.3 Å². The van der Waals surface area contributed by atoms with Crippen molar-refractivity contribution < 1.29 is 0 Å². The van der Waals surface area contributed by atoms with Gasteiger partial charge in [0, 0.05) is 12.3 Å². The quantitative estimate of drug-likeness (QED) is 0.445. The van der Waals surface area contributed by atoms with E-state index in [1.807, 2.05) is 0 Å². The molecule has 8 heavy (non-hydrogen) atoms. The molecule has 0 amide bonds. The van der Waals surface area contributed by atoms with Crippen LogP contribution in [0.1, 0.15) is 0 Å². The van der Waals surface area contributed by atoms with Crippen LogP contribution in [-0.2, 0) is 0 Å². The molecule has 0 saturated heterocycles. The third-order valence-corrected chi connectivity index (χ3v) is 5.39. The molecule has 1 aliphatic rings. The van der Waals surface area contributed by atoms with Gasteiger partial charge in [-0.05, 0) is 0 Å². The van der Waals surface area contributed by atoms with Crippen molar-refractivity contribution in [3.63, 3.8) is 0 Å². The largest absolute Gasteiger partial charge is 0.291 e. The molecule has 46 valence electrons. The molecule has 1 heterocycles. The molecular weight excluding hydrogens is 181 g/mol. The molecule has 0 unspecified atom stereocenters. The normalized spacial score (nSPS) is 19.6. The summed E-state index contributed by atoms with van der Waals surface area (Å²) in [5.41, 5.74) is 0. The van der Waals surface area contributed by atoms with Gasteiger partial charge in [-0.15, -0.1) is 33.9 Å². The van der Waals surface area contributed by atoms with E-state index < -0.39 is 7.42 Å². The van der Waals surface area contributed by atoms with E-state index in [0.29, 0.717) is 0 Å². The number of aliphatic imine (C=N–C) groups is 1. The van der Waals surface area contributed by atoms with Gasteiger partial charge in [0.2, 0.25) is 0 Å². The van der Waals surface area contributed by atoms with E-state index in [4.69, 9.17) is 22.2 Å². The van der Waals surface area contributed by atoms with E-state index in [9.17, 15) is 0 Å². The second kappa shape index (κ2) is 3.10. The fourth-order valence-corrected chi connectivity index (χ4v) is 3.73. The van der Waals surface area contributed by atoms with E-state index in [0.717, 1.165) is 17.0 Å². The van der Waals surface area contributed by atoms with Crippen LogP contribution in [0.25, 0.3) is 0 Å². The van der Waals surface area contributed by atoms with Gasteiger partial charge < -0.3 is 0 Å². The summed E-state index contributed by atoms with van der Waals surface area (Å²) in [6.45, 7) is 0.906. The van der Waals surface area contributed by atoms with Crippen LogP contribution in [0.2, 0.25) is 0 Å². The van der Waals surface area contributed by atoms with Crippen LogP contribution in [0.3, 0.4) is 0 Å². The molecular formula is C3H5Cl2NSSi. The minimum absolute atomic E-state index is 0.906. The van der Waals surface area contributed by atoms with Crippen molar-refractivity contribution in [1.82, 2.24) is 0 Å². The van der Waals surface area contributed by atoms with E-state index in [2.05, 4.69) is 4.99 Å². The van der Waals surface area contributed by atoms with Crippen LogP contribution in [0.5, 0.6) is 0 Å². The number of rotatable bonds is 1. The molecule has 0 aromatic carbocycles. The highest BCUT2D eigenvalue weighted by molar-refractivity contribution is 8.19. The topological polar surface area (TPSA) is 12.4 Å². The van der Waals surface area contributed by atoms with Gasteiger partial charge in [0.05, 0.1) is 4.67 Å². The zero-order chi connectivity index (χ0) is 5.98. The lowest BCUT2D eigenvalue weighted by molar-refractivity contribution is 1.18. The second-order valence-electron chi connectivity index (χ2n) is 1.37. The molecule has 0 saturated carbocycles. The summed E-state index contributed by atoms with van der Waals surface area (Å²) in [5.74, 6) is 1.07. The van der Waals surface area contributed by atoms with E-state index in [1.54, 1.807) is 11.8 Å². The highest BCUT2D eigenvalue weighted by atomic mass is 35.7. The van der Waals surface area contributed by atoms with Crippen molar-refractivity contribution >= 4 is 46.0 Å². The summed E-state index contributed by atoms with van der Waals surface area (Å²) in [7, 11) is -1.57. The average molecular weight is 186 g/mol. The molecule has 0 fully saturated rings. The molecule has 1 rings (SSSR count). The van der Waals surface area contributed by atoms with E-state index in [-0.39, 0.29) is 0 Å². The van der Waals surface area contributed by atoms with Crippen LogP contribution in [-0.4, -0.2) is 24.4 Å². The number of halogens is 2. The first-order valence-electron chi connectivity index (χ1n) is 2.26. The van der Waals surface area contributed by atoms with Crippen molar-refractivity contribution in [1.29, 1.82) is 0 Å². The maximum Gasteiger partial charge on any atom is 0.291 e. The Morgan fingerprint density at radius 1 is 1.62 bits per heavy atom. The standard InChI is InChI=1S/C3H5Cl2NSSi/c4-8(5)3-6-1-2-7-3/h8H,1-2H2. The van der Waals surface area contributed by atoms with Crippen molar-refractivity contribution in [2.45, 2.75) is 0 Å². The molecule has 0 aromatic rings. The lowest BCUT2D eigenvalue weighted by atomic mass is 10.8. The first-order valence-corrected chi connectivity index (χ1v) is 7.31. The third-order valence-electron chi connectivity index (χ3n) is 0.796. The van der Waals surface area contributed by atoms with E-state index in [1.165, 1.54) is 0 Å². The highest BCUT2D eigenvalue weighted by Gasteiger charge is 2.15. The third kappa shape index (κ3) is 1.65. The maximum atomic E-state index is 5.64. The number of nitrogens with zero attached hydrogens (tertiary/aromatic N) is 1. The molecule has 1 aliphatic heterocycles. The maximum absolute atomic E-state index is 5.64. The molecule has 0 aromatic heterocycles. The van der Waals surface area contributed by atoms with Gasteiger partial charge >= 0.3 is 0 Å². The Morgan fingerprint density at radius 3 is 2.62 bits per heavy atom. The summed E-state index contributed by atoms with van der Waals surface area (Å²) >= 11 is 13.0. The van der Waals surface area contributed by atoms with Crippen LogP contribution >= 0.6 is 33.9 Å². The molecule has 0 spiro atoms. The Kier molecular flexibility index (Phi) is 2.69.